The van der Waals surface area contributed by atoms with Gasteiger partial charge in [-0.25, -0.2) is 12.7 Å². The number of fused-ring (bicyclic) bond motifs is 1. The second-order valence-corrected chi connectivity index (χ2v) is 15.4. The topological polar surface area (TPSA) is 144 Å². The van der Waals surface area contributed by atoms with Gasteiger partial charge in [0.1, 0.15) is 0 Å². The van der Waals surface area contributed by atoms with Crippen LogP contribution >= 0.6 is 0 Å². The zero-order valence-electron chi connectivity index (χ0n) is 25.5. The normalized spacial score (nSPS) is 36.4. The third-order valence-corrected chi connectivity index (χ3v) is 11.7. The zero-order valence-corrected chi connectivity index (χ0v) is 26.3. The van der Waals surface area contributed by atoms with E-state index in [0.717, 1.165) is 64.7 Å². The fraction of sp³-hybridized carbons (Fsp3) is 0.966. The minimum absolute atomic E-state index is 0.0129. The second-order valence-electron chi connectivity index (χ2n) is 13.4. The zero-order chi connectivity index (χ0) is 29.7. The molecule has 5 N–H and O–H groups in total. The molecular formula is C29H54N6O6S. The molecule has 0 aromatic rings. The van der Waals surface area contributed by atoms with E-state index in [-0.39, 0.29) is 36.7 Å². The lowest BCUT2D eigenvalue weighted by molar-refractivity contribution is -0.126. The van der Waals surface area contributed by atoms with Crippen molar-refractivity contribution in [1.29, 1.82) is 0 Å². The number of ether oxygens (including phenoxy) is 2. The van der Waals surface area contributed by atoms with Gasteiger partial charge in [0.25, 0.3) is 0 Å². The number of sulfonamides is 1. The monoisotopic (exact) mass is 614 g/mol. The molecule has 242 valence electrons. The highest BCUT2D eigenvalue weighted by molar-refractivity contribution is 7.88. The maximum Gasteiger partial charge on any atom is 0.223 e. The summed E-state index contributed by atoms with van der Waals surface area (Å²) in [6.07, 6.45) is 7.57. The van der Waals surface area contributed by atoms with E-state index < -0.39 is 16.1 Å². The number of amides is 1. The molecule has 0 spiro atoms. The van der Waals surface area contributed by atoms with Crippen molar-refractivity contribution < 1.29 is 27.8 Å². The predicted molar refractivity (Wildman–Crippen MR) is 160 cm³/mol. The molecule has 0 aromatic carbocycles. The summed E-state index contributed by atoms with van der Waals surface area (Å²) in [5, 5.41) is 24.1. The quantitative estimate of drug-likeness (QED) is 0.207. The lowest BCUT2D eigenvalue weighted by Gasteiger charge is -2.47. The number of carbonyl (C=O) groups excluding carboxylic acids is 1. The third kappa shape index (κ3) is 8.85. The Morgan fingerprint density at radius 3 is 2.69 bits per heavy atom. The van der Waals surface area contributed by atoms with Crippen LogP contribution in [0, 0.1) is 23.7 Å². The van der Waals surface area contributed by atoms with Crippen LogP contribution in [-0.2, 0) is 24.3 Å². The van der Waals surface area contributed by atoms with E-state index in [9.17, 15) is 18.3 Å². The molecule has 12 nitrogen and oxygen atoms in total. The lowest BCUT2D eigenvalue weighted by Crippen LogP contribution is -2.56. The molecule has 5 rings (SSSR count). The molecule has 7 unspecified atom stereocenters. The molecule has 4 saturated heterocycles. The summed E-state index contributed by atoms with van der Waals surface area (Å²) in [5.41, 5.74) is 0. The van der Waals surface area contributed by atoms with Gasteiger partial charge in [0, 0.05) is 51.2 Å². The number of β-amino-alcohol motifs (C(OH)–C–C–N with tert-alkyl or cyclic N) is 1. The lowest BCUT2D eigenvalue weighted by atomic mass is 9.68. The van der Waals surface area contributed by atoms with Crippen molar-refractivity contribution in [3.8, 4) is 0 Å². The van der Waals surface area contributed by atoms with Crippen molar-refractivity contribution in [2.24, 2.45) is 23.7 Å². The van der Waals surface area contributed by atoms with Gasteiger partial charge >= 0.3 is 0 Å². The van der Waals surface area contributed by atoms with Crippen LogP contribution in [0.25, 0.3) is 0 Å². The van der Waals surface area contributed by atoms with Gasteiger partial charge in [-0.15, -0.1) is 0 Å². The number of likely N-dealkylation sites (tertiary alicyclic amines) is 1. The molecule has 4 aliphatic heterocycles. The maximum absolute atomic E-state index is 13.0. The maximum atomic E-state index is 13.0. The van der Waals surface area contributed by atoms with Crippen molar-refractivity contribution in [2.45, 2.75) is 82.4 Å². The minimum Gasteiger partial charge on any atom is -0.390 e. The first-order valence-corrected chi connectivity index (χ1v) is 18.1. The van der Waals surface area contributed by atoms with E-state index in [1.165, 1.54) is 10.6 Å². The molecule has 5 aliphatic rings. The Morgan fingerprint density at radius 2 is 1.95 bits per heavy atom. The summed E-state index contributed by atoms with van der Waals surface area (Å²) in [6.45, 7) is 9.18. The Bertz CT molecular complexity index is 976. The van der Waals surface area contributed by atoms with E-state index in [1.54, 1.807) is 0 Å². The highest BCUT2D eigenvalue weighted by Gasteiger charge is 2.41. The Kier molecular flexibility index (Phi) is 11.5. The molecule has 5 fully saturated rings. The Morgan fingerprint density at radius 1 is 1.14 bits per heavy atom. The molecular weight excluding hydrogens is 560 g/mol. The molecule has 1 aliphatic carbocycles. The summed E-state index contributed by atoms with van der Waals surface area (Å²) in [5.74, 6) is 1.75. The average molecular weight is 615 g/mol. The number of carbonyl (C=O) groups is 1. The number of rotatable bonds is 11. The molecule has 4 heterocycles. The standard InChI is InChI=1S/C29H54N6O6S/c1-20-26-8-10-34(16-22(26)3-4-27(20)40-18-25-15-30-19-41-25)17-24(36)14-32-29(37)21-5-9-31-28(13-21)33-23-6-11-35(12-7-23)42(2,38)39/h20-28,30-31,33,36H,3-19H2,1-2H3,(H,32,37)/t20?,21?,22?,24-,25?,26?,27?,28?/m0/s1. The van der Waals surface area contributed by atoms with Gasteiger partial charge in [-0.1, -0.05) is 6.92 Å². The molecule has 8 atom stereocenters. The van der Waals surface area contributed by atoms with Crippen molar-refractivity contribution in [3.05, 3.63) is 0 Å². The second kappa shape index (κ2) is 14.9. The Balaban J connectivity index is 0.978. The number of hydrogen-bond donors (Lipinski definition) is 5. The Labute approximate surface area is 252 Å². The summed E-state index contributed by atoms with van der Waals surface area (Å²) >= 11 is 0. The number of aliphatic hydroxyl groups excluding tert-OH is 1. The van der Waals surface area contributed by atoms with Crippen molar-refractivity contribution in [2.75, 3.05) is 72.0 Å². The first-order valence-electron chi connectivity index (χ1n) is 16.2. The number of nitrogens with one attached hydrogen (secondary N) is 4. The van der Waals surface area contributed by atoms with Crippen molar-refractivity contribution in [1.82, 2.24) is 30.5 Å². The van der Waals surface area contributed by atoms with E-state index in [0.29, 0.717) is 63.3 Å². The molecule has 42 heavy (non-hydrogen) atoms. The van der Waals surface area contributed by atoms with Crippen LogP contribution in [0.5, 0.6) is 0 Å². The number of hydrogen-bond acceptors (Lipinski definition) is 10. The van der Waals surface area contributed by atoms with Crippen molar-refractivity contribution in [3.63, 3.8) is 0 Å². The predicted octanol–water partition coefficient (Wildman–Crippen LogP) is -0.498. The van der Waals surface area contributed by atoms with Crippen LogP contribution in [0.1, 0.15) is 51.9 Å². The highest BCUT2D eigenvalue weighted by Crippen LogP contribution is 2.41. The van der Waals surface area contributed by atoms with Crippen molar-refractivity contribution >= 4 is 15.9 Å². The molecule has 1 saturated carbocycles. The first kappa shape index (κ1) is 32.5. The highest BCUT2D eigenvalue weighted by atomic mass is 32.2. The fourth-order valence-electron chi connectivity index (χ4n) is 7.88. The molecule has 0 bridgehead atoms. The minimum atomic E-state index is -3.14. The summed E-state index contributed by atoms with van der Waals surface area (Å²) in [6, 6.07) is 0.239. The van der Waals surface area contributed by atoms with Crippen LogP contribution in [0.4, 0.5) is 0 Å². The van der Waals surface area contributed by atoms with E-state index in [2.05, 4.69) is 33.1 Å². The SMILES string of the molecule is CC1C(OCC2CNCO2)CCC2CN(C[C@@H](O)CNC(=O)C3CCNC(NC4CCN(S(C)(=O)=O)CC4)C3)CCC21. The van der Waals surface area contributed by atoms with Gasteiger partial charge in [-0.05, 0) is 75.8 Å². The van der Waals surface area contributed by atoms with Gasteiger partial charge in [0.15, 0.2) is 0 Å². The van der Waals surface area contributed by atoms with Crippen LogP contribution in [-0.4, -0.2) is 131 Å². The smallest absolute Gasteiger partial charge is 0.223 e. The number of piperidine rings is 3. The van der Waals surface area contributed by atoms with E-state index in [1.807, 2.05) is 0 Å². The molecule has 1 amide bonds. The fourth-order valence-corrected chi connectivity index (χ4v) is 8.76. The first-order chi connectivity index (χ1) is 20.2. The van der Waals surface area contributed by atoms with Gasteiger partial charge in [0.2, 0.25) is 15.9 Å². The van der Waals surface area contributed by atoms with Gasteiger partial charge in [-0.2, -0.15) is 0 Å². The van der Waals surface area contributed by atoms with E-state index in [4.69, 9.17) is 9.47 Å². The molecule has 13 heteroatoms. The van der Waals surface area contributed by atoms with E-state index >= 15 is 0 Å². The summed E-state index contributed by atoms with van der Waals surface area (Å²) in [4.78, 5) is 15.4. The van der Waals surface area contributed by atoms with Crippen LogP contribution in [0.3, 0.4) is 0 Å². The Hall–Kier alpha value is -0.900. The summed E-state index contributed by atoms with van der Waals surface area (Å²) in [7, 11) is -3.14. The van der Waals surface area contributed by atoms with Crippen LogP contribution < -0.4 is 21.3 Å². The van der Waals surface area contributed by atoms with Gasteiger partial charge < -0.3 is 30.1 Å². The number of aliphatic hydroxyl groups is 1. The van der Waals surface area contributed by atoms with Gasteiger partial charge in [-0.3, -0.25) is 15.4 Å². The van der Waals surface area contributed by atoms with Crippen LogP contribution in [0.15, 0.2) is 0 Å². The van der Waals surface area contributed by atoms with Crippen LogP contribution in [0.2, 0.25) is 0 Å². The van der Waals surface area contributed by atoms with Gasteiger partial charge in [0.05, 0.1) is 44.1 Å². The summed E-state index contributed by atoms with van der Waals surface area (Å²) < 4.78 is 37.0. The number of nitrogens with zero attached hydrogens (tertiary/aromatic N) is 2. The largest absolute Gasteiger partial charge is 0.390 e. The molecule has 0 aromatic heterocycles. The molecule has 0 radical (unpaired) electrons. The third-order valence-electron chi connectivity index (χ3n) is 10.4. The average Bonchev–Trinajstić information content (AvgIpc) is 3.49.